The maximum absolute atomic E-state index is 13.2. The molecule has 0 aliphatic carbocycles. The quantitative estimate of drug-likeness (QED) is 0.801. The van der Waals surface area contributed by atoms with E-state index in [0.717, 1.165) is 4.57 Å². The van der Waals surface area contributed by atoms with Crippen LogP contribution in [-0.4, -0.2) is 41.8 Å². The van der Waals surface area contributed by atoms with E-state index in [4.69, 9.17) is 10.5 Å². The van der Waals surface area contributed by atoms with Crippen LogP contribution in [0.4, 0.5) is 8.78 Å². The third-order valence-corrected chi connectivity index (χ3v) is 3.19. The number of halogens is 2. The third-order valence-electron chi connectivity index (χ3n) is 3.19. The predicted molar refractivity (Wildman–Crippen MR) is 77.6 cm³/mol. The second-order valence-electron chi connectivity index (χ2n) is 4.77. The molecular weight excluding hydrogens is 294 g/mol. The zero-order valence-electron chi connectivity index (χ0n) is 12.1. The van der Waals surface area contributed by atoms with Gasteiger partial charge in [0.1, 0.15) is 11.9 Å². The standard InChI is InChI=1S/C14H18F2N4O2/c1-22-8-9(17)13(21)18-7-6-12-19-10-4-2-3-5-11(10)20(12)14(15)16/h2-5,9,14H,6-8,17H2,1H3,(H,18,21). The number of nitrogens with zero attached hydrogens (tertiary/aromatic N) is 2. The first-order chi connectivity index (χ1) is 10.5. The topological polar surface area (TPSA) is 82.2 Å². The number of hydrogen-bond acceptors (Lipinski definition) is 4. The van der Waals surface area contributed by atoms with Gasteiger partial charge in [0.25, 0.3) is 0 Å². The molecule has 0 saturated carbocycles. The number of rotatable bonds is 7. The number of methoxy groups -OCH3 is 1. The fourth-order valence-electron chi connectivity index (χ4n) is 2.17. The summed E-state index contributed by atoms with van der Waals surface area (Å²) in [6.07, 6.45) is 0.185. The van der Waals surface area contributed by atoms with Crippen molar-refractivity contribution in [2.75, 3.05) is 20.3 Å². The Balaban J connectivity index is 2.05. The van der Waals surface area contributed by atoms with Crippen LogP contribution in [0.1, 0.15) is 12.4 Å². The molecule has 2 rings (SSSR count). The van der Waals surface area contributed by atoms with Gasteiger partial charge in [-0.1, -0.05) is 12.1 Å². The lowest BCUT2D eigenvalue weighted by atomic mass is 10.3. The van der Waals surface area contributed by atoms with Crippen LogP contribution in [-0.2, 0) is 16.0 Å². The van der Waals surface area contributed by atoms with Crippen molar-refractivity contribution in [2.45, 2.75) is 19.0 Å². The van der Waals surface area contributed by atoms with Gasteiger partial charge in [0.2, 0.25) is 5.91 Å². The lowest BCUT2D eigenvalue weighted by molar-refractivity contribution is -0.123. The molecule has 0 aliphatic heterocycles. The van der Waals surface area contributed by atoms with Crippen molar-refractivity contribution >= 4 is 16.9 Å². The summed E-state index contributed by atoms with van der Waals surface area (Å²) in [4.78, 5) is 15.8. The summed E-state index contributed by atoms with van der Waals surface area (Å²) in [5, 5.41) is 2.58. The summed E-state index contributed by atoms with van der Waals surface area (Å²) in [7, 11) is 1.44. The number of imidazole rings is 1. The fourth-order valence-corrected chi connectivity index (χ4v) is 2.17. The monoisotopic (exact) mass is 312 g/mol. The van der Waals surface area contributed by atoms with Gasteiger partial charge in [0.15, 0.2) is 0 Å². The van der Waals surface area contributed by atoms with Gasteiger partial charge < -0.3 is 15.8 Å². The van der Waals surface area contributed by atoms with Gasteiger partial charge in [-0.15, -0.1) is 0 Å². The van der Waals surface area contributed by atoms with Gasteiger partial charge in [-0.3, -0.25) is 9.36 Å². The first-order valence-electron chi connectivity index (χ1n) is 6.80. The molecule has 0 bridgehead atoms. The van der Waals surface area contributed by atoms with Crippen molar-refractivity contribution < 1.29 is 18.3 Å². The first-order valence-corrected chi connectivity index (χ1v) is 6.80. The second kappa shape index (κ2) is 7.28. The molecule has 1 amide bonds. The molecule has 2 aromatic rings. The summed E-state index contributed by atoms with van der Waals surface area (Å²) in [6, 6.07) is 5.90. The van der Waals surface area contributed by atoms with Gasteiger partial charge in [0, 0.05) is 20.1 Å². The van der Waals surface area contributed by atoms with Crippen LogP contribution >= 0.6 is 0 Å². The highest BCUT2D eigenvalue weighted by molar-refractivity contribution is 5.81. The fraction of sp³-hybridized carbons (Fsp3) is 0.429. The Morgan fingerprint density at radius 3 is 2.86 bits per heavy atom. The first kappa shape index (κ1) is 16.3. The molecule has 0 aliphatic rings. The van der Waals surface area contributed by atoms with Gasteiger partial charge in [0.05, 0.1) is 17.6 Å². The van der Waals surface area contributed by atoms with Crippen molar-refractivity contribution in [3.8, 4) is 0 Å². The molecule has 0 radical (unpaired) electrons. The Labute approximate surface area is 126 Å². The molecular formula is C14H18F2N4O2. The molecule has 0 saturated heterocycles. The zero-order chi connectivity index (χ0) is 16.1. The van der Waals surface area contributed by atoms with Crippen LogP contribution in [0, 0.1) is 0 Å². The van der Waals surface area contributed by atoms with Crippen LogP contribution in [0.2, 0.25) is 0 Å². The van der Waals surface area contributed by atoms with Crippen LogP contribution < -0.4 is 11.1 Å². The highest BCUT2D eigenvalue weighted by Crippen LogP contribution is 2.23. The van der Waals surface area contributed by atoms with E-state index in [9.17, 15) is 13.6 Å². The minimum atomic E-state index is -2.69. The van der Waals surface area contributed by atoms with Crippen LogP contribution in [0.5, 0.6) is 0 Å². The molecule has 120 valence electrons. The Kier molecular flexibility index (Phi) is 5.40. The summed E-state index contributed by atoms with van der Waals surface area (Å²) >= 11 is 0. The van der Waals surface area contributed by atoms with E-state index in [-0.39, 0.29) is 31.3 Å². The summed E-state index contributed by atoms with van der Waals surface area (Å²) in [5.74, 6) is -0.168. The third kappa shape index (κ3) is 3.58. The minimum Gasteiger partial charge on any atom is -0.383 e. The van der Waals surface area contributed by atoms with Crippen molar-refractivity contribution in [3.63, 3.8) is 0 Å². The number of benzene rings is 1. The number of para-hydroxylation sites is 2. The molecule has 0 spiro atoms. The molecule has 22 heavy (non-hydrogen) atoms. The lowest BCUT2D eigenvalue weighted by Crippen LogP contribution is -2.44. The maximum Gasteiger partial charge on any atom is 0.320 e. The molecule has 1 atom stereocenters. The van der Waals surface area contributed by atoms with E-state index in [1.54, 1.807) is 24.3 Å². The molecule has 6 nitrogen and oxygen atoms in total. The number of nitrogens with one attached hydrogen (secondary N) is 1. The Hall–Kier alpha value is -2.06. The Morgan fingerprint density at radius 2 is 2.18 bits per heavy atom. The summed E-state index contributed by atoms with van der Waals surface area (Å²) < 4.78 is 32.1. The Morgan fingerprint density at radius 1 is 1.45 bits per heavy atom. The normalized spacial score (nSPS) is 12.8. The van der Waals surface area contributed by atoms with E-state index in [2.05, 4.69) is 10.3 Å². The highest BCUT2D eigenvalue weighted by atomic mass is 19.3. The number of aromatic nitrogens is 2. The Bertz CT molecular complexity index is 645. The van der Waals surface area contributed by atoms with E-state index in [0.29, 0.717) is 11.0 Å². The number of hydrogen-bond donors (Lipinski definition) is 2. The van der Waals surface area contributed by atoms with E-state index in [1.165, 1.54) is 7.11 Å². The number of amides is 1. The number of alkyl halides is 2. The smallest absolute Gasteiger partial charge is 0.320 e. The SMILES string of the molecule is COCC(N)C(=O)NCCc1nc2ccccc2n1C(F)F. The van der Waals surface area contributed by atoms with Gasteiger partial charge in [-0.2, -0.15) is 8.78 Å². The lowest BCUT2D eigenvalue weighted by Gasteiger charge is -2.11. The van der Waals surface area contributed by atoms with Crippen molar-refractivity contribution in [1.82, 2.24) is 14.9 Å². The molecule has 1 heterocycles. The van der Waals surface area contributed by atoms with Crippen LogP contribution in [0.15, 0.2) is 24.3 Å². The average Bonchev–Trinajstić information content (AvgIpc) is 2.85. The number of ether oxygens (including phenoxy) is 1. The van der Waals surface area contributed by atoms with Gasteiger partial charge in [-0.05, 0) is 12.1 Å². The maximum atomic E-state index is 13.2. The van der Waals surface area contributed by atoms with Crippen molar-refractivity contribution in [2.24, 2.45) is 5.73 Å². The number of carbonyl (C=O) groups excluding carboxylic acids is 1. The van der Waals surface area contributed by atoms with Crippen molar-refractivity contribution in [3.05, 3.63) is 30.1 Å². The molecule has 3 N–H and O–H groups in total. The van der Waals surface area contributed by atoms with E-state index >= 15 is 0 Å². The molecule has 1 aromatic carbocycles. The zero-order valence-corrected chi connectivity index (χ0v) is 12.1. The highest BCUT2D eigenvalue weighted by Gasteiger charge is 2.18. The average molecular weight is 312 g/mol. The van der Waals surface area contributed by atoms with Crippen molar-refractivity contribution in [1.29, 1.82) is 0 Å². The predicted octanol–water partition coefficient (Wildman–Crippen LogP) is 1.06. The van der Waals surface area contributed by atoms with E-state index < -0.39 is 12.6 Å². The number of carbonyl (C=O) groups is 1. The summed E-state index contributed by atoms with van der Waals surface area (Å²) in [5.41, 5.74) is 6.44. The second-order valence-corrected chi connectivity index (χ2v) is 4.77. The minimum absolute atomic E-state index is 0.0986. The number of fused-ring (bicyclic) bond motifs is 1. The molecule has 1 aromatic heterocycles. The molecule has 1 unspecified atom stereocenters. The van der Waals surface area contributed by atoms with E-state index in [1.807, 2.05) is 0 Å². The van der Waals surface area contributed by atoms with Crippen LogP contribution in [0.3, 0.4) is 0 Å². The summed E-state index contributed by atoms with van der Waals surface area (Å²) in [6.45, 7) is -2.41. The largest absolute Gasteiger partial charge is 0.383 e. The number of nitrogens with two attached hydrogens (primary N) is 1. The van der Waals surface area contributed by atoms with Gasteiger partial charge in [-0.25, -0.2) is 4.98 Å². The molecule has 0 fully saturated rings. The van der Waals surface area contributed by atoms with Crippen LogP contribution in [0.25, 0.3) is 11.0 Å². The van der Waals surface area contributed by atoms with Gasteiger partial charge >= 0.3 is 6.55 Å². The molecule has 8 heteroatoms.